The number of hydrogen-bond donors (Lipinski definition) is 3. The number of aromatic nitrogens is 4. The second kappa shape index (κ2) is 5.82. The molecule has 3 N–H and O–H groups in total. The highest BCUT2D eigenvalue weighted by Gasteiger charge is 2.12. The van der Waals surface area contributed by atoms with E-state index in [2.05, 4.69) is 21.2 Å². The van der Waals surface area contributed by atoms with Crippen molar-refractivity contribution in [3.63, 3.8) is 0 Å². The molecule has 26 heavy (non-hydrogen) atoms. The van der Waals surface area contributed by atoms with Gasteiger partial charge in [-0.25, -0.2) is 4.98 Å². The van der Waals surface area contributed by atoms with E-state index in [1.54, 1.807) is 0 Å². The van der Waals surface area contributed by atoms with Crippen molar-refractivity contribution in [3.05, 3.63) is 72.3 Å². The van der Waals surface area contributed by atoms with Crippen LogP contribution in [0.25, 0.3) is 44.6 Å². The van der Waals surface area contributed by atoms with Gasteiger partial charge in [-0.3, -0.25) is 5.10 Å². The molecule has 0 radical (unpaired) electrons. The normalized spacial score (nSPS) is 11.4. The molecule has 0 unspecified atom stereocenters. The zero-order chi connectivity index (χ0) is 17.5. The first kappa shape index (κ1) is 14.9. The summed E-state index contributed by atoms with van der Waals surface area (Å²) >= 11 is 0. The monoisotopic (exact) mass is 340 g/mol. The van der Waals surface area contributed by atoms with E-state index in [0.717, 1.165) is 50.1 Å². The number of aliphatic hydroxyl groups excluding tert-OH is 1. The summed E-state index contributed by atoms with van der Waals surface area (Å²) in [5.74, 6) is 0.749. The number of fused-ring (bicyclic) bond motifs is 2. The Bertz CT molecular complexity index is 1240. The molecule has 0 bridgehead atoms. The number of rotatable bonds is 3. The summed E-state index contributed by atoms with van der Waals surface area (Å²) in [6.45, 7) is 0.0382. The lowest BCUT2D eigenvalue weighted by Gasteiger charge is -2.03. The summed E-state index contributed by atoms with van der Waals surface area (Å²) in [7, 11) is 0. The molecule has 0 fully saturated rings. The van der Waals surface area contributed by atoms with Gasteiger partial charge in [-0.15, -0.1) is 0 Å². The van der Waals surface area contributed by atoms with Crippen LogP contribution >= 0.6 is 0 Å². The van der Waals surface area contributed by atoms with Crippen LogP contribution in [-0.4, -0.2) is 25.3 Å². The van der Waals surface area contributed by atoms with Crippen LogP contribution in [0, 0.1) is 0 Å². The average molecular weight is 340 g/mol. The maximum atomic E-state index is 9.35. The third-order valence-electron chi connectivity index (χ3n) is 4.62. The first-order valence-corrected chi connectivity index (χ1v) is 8.45. The molecular weight excluding hydrogens is 324 g/mol. The lowest BCUT2D eigenvalue weighted by molar-refractivity contribution is 0.282. The first-order valence-electron chi connectivity index (χ1n) is 8.45. The lowest BCUT2D eigenvalue weighted by atomic mass is 10.0. The minimum atomic E-state index is 0.0382. The zero-order valence-electron chi connectivity index (χ0n) is 13.9. The van der Waals surface area contributed by atoms with Gasteiger partial charge in [0.1, 0.15) is 5.69 Å². The van der Waals surface area contributed by atoms with E-state index in [4.69, 9.17) is 4.98 Å². The van der Waals surface area contributed by atoms with Crippen molar-refractivity contribution < 1.29 is 5.11 Å². The zero-order valence-corrected chi connectivity index (χ0v) is 13.9. The van der Waals surface area contributed by atoms with Crippen molar-refractivity contribution in [2.24, 2.45) is 0 Å². The number of para-hydroxylation sites is 1. The van der Waals surface area contributed by atoms with Gasteiger partial charge in [0.2, 0.25) is 0 Å². The van der Waals surface area contributed by atoms with E-state index < -0.39 is 0 Å². The third-order valence-corrected chi connectivity index (χ3v) is 4.62. The number of aromatic amines is 2. The molecule has 5 heteroatoms. The lowest BCUT2D eigenvalue weighted by Crippen LogP contribution is -1.84. The van der Waals surface area contributed by atoms with Crippen LogP contribution in [-0.2, 0) is 6.61 Å². The molecular formula is C21H16N4O. The molecule has 2 heterocycles. The van der Waals surface area contributed by atoms with E-state index in [9.17, 15) is 5.11 Å². The van der Waals surface area contributed by atoms with E-state index in [0.29, 0.717) is 0 Å². The second-order valence-electron chi connectivity index (χ2n) is 6.29. The Morgan fingerprint density at radius 3 is 2.65 bits per heavy atom. The van der Waals surface area contributed by atoms with Gasteiger partial charge in [-0.05, 0) is 41.0 Å². The Morgan fingerprint density at radius 2 is 1.73 bits per heavy atom. The van der Waals surface area contributed by atoms with Gasteiger partial charge in [-0.1, -0.05) is 42.5 Å². The van der Waals surface area contributed by atoms with Crippen molar-refractivity contribution in [1.82, 2.24) is 20.2 Å². The Labute approximate surface area is 149 Å². The molecule has 0 amide bonds. The van der Waals surface area contributed by atoms with E-state index in [-0.39, 0.29) is 6.61 Å². The fourth-order valence-corrected chi connectivity index (χ4v) is 3.29. The third kappa shape index (κ3) is 2.37. The molecule has 2 aromatic heterocycles. The molecule has 3 aromatic carbocycles. The Morgan fingerprint density at radius 1 is 0.846 bits per heavy atom. The molecule has 5 nitrogen and oxygen atoms in total. The van der Waals surface area contributed by atoms with Crippen LogP contribution < -0.4 is 0 Å². The standard InChI is InChI=1S/C21H16N4O/c26-12-13-4-3-5-14(10-13)15-8-9-18-19(11-15)23-21(22-18)20-16-6-1-2-7-17(16)24-25-20/h1-11,26H,12H2,(H,22,23)(H,24,25). The molecule has 0 aliphatic rings. The summed E-state index contributed by atoms with van der Waals surface area (Å²) in [5.41, 5.74) is 6.71. The van der Waals surface area contributed by atoms with Gasteiger partial charge in [0.15, 0.2) is 5.82 Å². The predicted molar refractivity (Wildman–Crippen MR) is 103 cm³/mol. The number of imidazole rings is 1. The highest BCUT2D eigenvalue weighted by atomic mass is 16.3. The number of H-pyrrole nitrogens is 2. The fourth-order valence-electron chi connectivity index (χ4n) is 3.29. The minimum Gasteiger partial charge on any atom is -0.392 e. The number of hydrogen-bond acceptors (Lipinski definition) is 3. The second-order valence-corrected chi connectivity index (χ2v) is 6.29. The van der Waals surface area contributed by atoms with Crippen molar-refractivity contribution in [1.29, 1.82) is 0 Å². The van der Waals surface area contributed by atoms with Gasteiger partial charge < -0.3 is 10.1 Å². The highest BCUT2D eigenvalue weighted by Crippen LogP contribution is 2.28. The van der Waals surface area contributed by atoms with Gasteiger partial charge in [0, 0.05) is 5.39 Å². The first-order chi connectivity index (χ1) is 12.8. The van der Waals surface area contributed by atoms with Crippen LogP contribution in [0.5, 0.6) is 0 Å². The van der Waals surface area contributed by atoms with Gasteiger partial charge in [0.25, 0.3) is 0 Å². The molecule has 0 saturated carbocycles. The number of benzene rings is 3. The summed E-state index contributed by atoms with van der Waals surface area (Å²) in [4.78, 5) is 8.08. The molecule has 0 atom stereocenters. The maximum Gasteiger partial charge on any atom is 0.159 e. The molecule has 0 spiro atoms. The number of nitrogens with zero attached hydrogens (tertiary/aromatic N) is 2. The number of nitrogens with one attached hydrogen (secondary N) is 2. The molecule has 0 aliphatic carbocycles. The molecule has 5 aromatic rings. The van der Waals surface area contributed by atoms with E-state index in [1.807, 2.05) is 60.7 Å². The number of aliphatic hydroxyl groups is 1. The summed E-state index contributed by atoms with van der Waals surface area (Å²) in [6, 6.07) is 22.1. The van der Waals surface area contributed by atoms with Crippen LogP contribution in [0.2, 0.25) is 0 Å². The molecule has 5 rings (SSSR count). The van der Waals surface area contributed by atoms with Crippen LogP contribution in [0.1, 0.15) is 5.56 Å². The van der Waals surface area contributed by atoms with Crippen molar-refractivity contribution in [2.75, 3.05) is 0 Å². The summed E-state index contributed by atoms with van der Waals surface area (Å²) in [6.07, 6.45) is 0. The largest absolute Gasteiger partial charge is 0.392 e. The Balaban J connectivity index is 1.62. The van der Waals surface area contributed by atoms with E-state index >= 15 is 0 Å². The van der Waals surface area contributed by atoms with Gasteiger partial charge >= 0.3 is 0 Å². The van der Waals surface area contributed by atoms with E-state index in [1.165, 1.54) is 0 Å². The highest BCUT2D eigenvalue weighted by molar-refractivity contribution is 5.93. The van der Waals surface area contributed by atoms with Crippen molar-refractivity contribution in [2.45, 2.75) is 6.61 Å². The fraction of sp³-hybridized carbons (Fsp3) is 0.0476. The van der Waals surface area contributed by atoms with Crippen molar-refractivity contribution in [3.8, 4) is 22.6 Å². The van der Waals surface area contributed by atoms with Crippen LogP contribution in [0.3, 0.4) is 0 Å². The van der Waals surface area contributed by atoms with Gasteiger partial charge in [0.05, 0.1) is 23.2 Å². The van der Waals surface area contributed by atoms with Crippen LogP contribution in [0.4, 0.5) is 0 Å². The molecule has 0 aliphatic heterocycles. The smallest absolute Gasteiger partial charge is 0.159 e. The molecule has 0 saturated heterocycles. The average Bonchev–Trinajstić information content (AvgIpc) is 3.31. The Hall–Kier alpha value is -3.44. The SMILES string of the molecule is OCc1cccc(-c2ccc3nc(-c4n[nH]c5ccccc45)[nH]c3c2)c1. The predicted octanol–water partition coefficient (Wildman–Crippen LogP) is 4.27. The van der Waals surface area contributed by atoms with Crippen molar-refractivity contribution >= 4 is 21.9 Å². The maximum absolute atomic E-state index is 9.35. The van der Waals surface area contributed by atoms with Crippen LogP contribution in [0.15, 0.2) is 66.7 Å². The summed E-state index contributed by atoms with van der Waals surface area (Å²) < 4.78 is 0. The minimum absolute atomic E-state index is 0.0382. The Kier molecular flexibility index (Phi) is 3.33. The topological polar surface area (TPSA) is 77.6 Å². The summed E-state index contributed by atoms with van der Waals surface area (Å²) in [5, 5.41) is 17.9. The molecule has 126 valence electrons. The van der Waals surface area contributed by atoms with Gasteiger partial charge in [-0.2, -0.15) is 5.10 Å². The quantitative estimate of drug-likeness (QED) is 0.459.